The number of aromatic nitrogens is 1. The van der Waals surface area contributed by atoms with Crippen LogP contribution in [0.1, 0.15) is 28.4 Å². The third-order valence-corrected chi connectivity index (χ3v) is 5.25. The monoisotopic (exact) mass is 387 g/mol. The van der Waals surface area contributed by atoms with E-state index < -0.39 is 0 Å². The summed E-state index contributed by atoms with van der Waals surface area (Å²) in [5.74, 6) is 0.657. The molecule has 3 N–H and O–H groups in total. The van der Waals surface area contributed by atoms with Crippen LogP contribution in [0.4, 0.5) is 5.82 Å². The molecule has 1 amide bonds. The summed E-state index contributed by atoms with van der Waals surface area (Å²) in [6, 6.07) is 10.8. The molecule has 2 aromatic heterocycles. The van der Waals surface area contributed by atoms with E-state index in [1.807, 2.05) is 29.6 Å². The first-order chi connectivity index (χ1) is 12.6. The first-order valence-electron chi connectivity index (χ1n) is 8.09. The van der Waals surface area contributed by atoms with Crippen molar-refractivity contribution in [1.29, 1.82) is 0 Å². The van der Waals surface area contributed by atoms with Crippen LogP contribution >= 0.6 is 22.9 Å². The zero-order valence-electron chi connectivity index (χ0n) is 14.2. The Hall–Kier alpha value is -2.57. The van der Waals surface area contributed by atoms with Gasteiger partial charge in [-0.25, -0.2) is 4.98 Å². The minimum atomic E-state index is -0.256. The van der Waals surface area contributed by atoms with Crippen molar-refractivity contribution in [3.8, 4) is 10.8 Å². The maximum absolute atomic E-state index is 12.1. The van der Waals surface area contributed by atoms with E-state index in [0.717, 1.165) is 17.5 Å². The number of amides is 1. The molecule has 0 aliphatic heterocycles. The average molecular weight is 388 g/mol. The van der Waals surface area contributed by atoms with Crippen molar-refractivity contribution < 1.29 is 9.53 Å². The van der Waals surface area contributed by atoms with Crippen LogP contribution in [0.2, 0.25) is 5.02 Å². The van der Waals surface area contributed by atoms with Gasteiger partial charge in [0.2, 0.25) is 0 Å². The molecule has 0 fully saturated rings. The first kappa shape index (κ1) is 18.2. The van der Waals surface area contributed by atoms with Crippen LogP contribution in [0.5, 0.6) is 10.8 Å². The van der Waals surface area contributed by atoms with Gasteiger partial charge in [-0.1, -0.05) is 30.7 Å². The average Bonchev–Trinajstić information content (AvgIpc) is 3.01. The molecule has 7 heteroatoms. The van der Waals surface area contributed by atoms with Gasteiger partial charge in [-0.15, -0.1) is 11.3 Å². The Bertz CT molecular complexity index is 909. The van der Waals surface area contributed by atoms with Crippen LogP contribution < -0.4 is 15.8 Å². The molecule has 0 radical (unpaired) electrons. The van der Waals surface area contributed by atoms with Gasteiger partial charge in [-0.05, 0) is 47.2 Å². The molecule has 26 heavy (non-hydrogen) atoms. The van der Waals surface area contributed by atoms with E-state index >= 15 is 0 Å². The number of hydrogen-bond acceptors (Lipinski definition) is 5. The fourth-order valence-corrected chi connectivity index (χ4v) is 3.67. The third kappa shape index (κ3) is 4.15. The van der Waals surface area contributed by atoms with E-state index in [-0.39, 0.29) is 11.7 Å². The highest BCUT2D eigenvalue weighted by Gasteiger charge is 2.11. The normalized spacial score (nSPS) is 10.5. The number of pyridine rings is 1. The van der Waals surface area contributed by atoms with Crippen LogP contribution in [-0.2, 0) is 13.0 Å². The van der Waals surface area contributed by atoms with Gasteiger partial charge >= 0.3 is 0 Å². The predicted octanol–water partition coefficient (Wildman–Crippen LogP) is 4.66. The minimum Gasteiger partial charge on any atom is -0.445 e. The van der Waals surface area contributed by atoms with Crippen LogP contribution in [-0.4, -0.2) is 10.9 Å². The SMILES string of the molecule is CCc1csc(Oc2ccc(CNC(=O)c3cccnc3N)cc2)c1Cl. The highest BCUT2D eigenvalue weighted by Crippen LogP contribution is 2.38. The number of hydrogen-bond donors (Lipinski definition) is 2. The molecule has 0 aliphatic rings. The Morgan fingerprint density at radius 2 is 2.08 bits per heavy atom. The summed E-state index contributed by atoms with van der Waals surface area (Å²) in [5.41, 5.74) is 8.10. The summed E-state index contributed by atoms with van der Waals surface area (Å²) in [6.07, 6.45) is 2.42. The second-order valence-corrected chi connectivity index (χ2v) is 6.80. The van der Waals surface area contributed by atoms with Crippen molar-refractivity contribution in [2.24, 2.45) is 0 Å². The number of anilines is 1. The summed E-state index contributed by atoms with van der Waals surface area (Å²) < 4.78 is 5.83. The molecule has 0 atom stereocenters. The Balaban J connectivity index is 1.60. The second-order valence-electron chi connectivity index (χ2n) is 5.58. The van der Waals surface area contributed by atoms with Gasteiger partial charge in [0.15, 0.2) is 5.06 Å². The standard InChI is InChI=1S/C19H18ClN3O2S/c1-2-13-11-26-19(16(13)20)25-14-7-5-12(6-8-14)10-23-18(24)15-4-3-9-22-17(15)21/h3-9,11H,2,10H2,1H3,(H2,21,22)(H,23,24). The Morgan fingerprint density at radius 1 is 1.31 bits per heavy atom. The maximum Gasteiger partial charge on any atom is 0.255 e. The number of nitrogens with two attached hydrogens (primary N) is 1. The molecular formula is C19H18ClN3O2S. The molecule has 134 valence electrons. The molecule has 0 saturated carbocycles. The largest absolute Gasteiger partial charge is 0.445 e. The number of rotatable bonds is 6. The highest BCUT2D eigenvalue weighted by atomic mass is 35.5. The molecule has 2 heterocycles. The molecule has 0 bridgehead atoms. The third-order valence-electron chi connectivity index (χ3n) is 3.82. The Morgan fingerprint density at radius 3 is 2.73 bits per heavy atom. The van der Waals surface area contributed by atoms with Crippen molar-refractivity contribution in [1.82, 2.24) is 10.3 Å². The zero-order chi connectivity index (χ0) is 18.5. The maximum atomic E-state index is 12.1. The van der Waals surface area contributed by atoms with E-state index in [1.165, 1.54) is 11.3 Å². The zero-order valence-corrected chi connectivity index (χ0v) is 15.7. The van der Waals surface area contributed by atoms with Crippen LogP contribution in [0.25, 0.3) is 0 Å². The molecule has 0 unspecified atom stereocenters. The van der Waals surface area contributed by atoms with Crippen molar-refractivity contribution >= 4 is 34.7 Å². The molecule has 0 aliphatic carbocycles. The molecular weight excluding hydrogens is 370 g/mol. The molecule has 3 aromatic rings. The highest BCUT2D eigenvalue weighted by molar-refractivity contribution is 7.12. The van der Waals surface area contributed by atoms with Crippen LogP contribution in [0.3, 0.4) is 0 Å². The summed E-state index contributed by atoms with van der Waals surface area (Å²) in [4.78, 5) is 16.1. The van der Waals surface area contributed by atoms with Crippen molar-refractivity contribution in [2.45, 2.75) is 19.9 Å². The topological polar surface area (TPSA) is 77.2 Å². The lowest BCUT2D eigenvalue weighted by Crippen LogP contribution is -2.24. The molecule has 0 saturated heterocycles. The number of thiophene rings is 1. The van der Waals surface area contributed by atoms with Gasteiger partial charge < -0.3 is 15.8 Å². The van der Waals surface area contributed by atoms with Gasteiger partial charge in [-0.2, -0.15) is 0 Å². The van der Waals surface area contributed by atoms with E-state index in [1.54, 1.807) is 18.3 Å². The van der Waals surface area contributed by atoms with Crippen LogP contribution in [0.15, 0.2) is 48.0 Å². The number of carbonyl (C=O) groups excluding carboxylic acids is 1. The number of nitrogens with zero attached hydrogens (tertiary/aromatic N) is 1. The van der Waals surface area contributed by atoms with E-state index in [0.29, 0.717) is 27.9 Å². The van der Waals surface area contributed by atoms with E-state index in [9.17, 15) is 4.79 Å². The minimum absolute atomic E-state index is 0.216. The van der Waals surface area contributed by atoms with Crippen molar-refractivity contribution in [3.05, 3.63) is 69.7 Å². The number of carbonyl (C=O) groups is 1. The quantitative estimate of drug-likeness (QED) is 0.644. The number of aryl methyl sites for hydroxylation is 1. The number of ether oxygens (including phenoxy) is 1. The van der Waals surface area contributed by atoms with E-state index in [2.05, 4.69) is 17.2 Å². The Labute approximate surface area is 160 Å². The molecule has 3 rings (SSSR count). The number of nitrogen functional groups attached to an aromatic ring is 1. The lowest BCUT2D eigenvalue weighted by atomic mass is 10.2. The van der Waals surface area contributed by atoms with E-state index in [4.69, 9.17) is 22.1 Å². The fraction of sp³-hybridized carbons (Fsp3) is 0.158. The summed E-state index contributed by atoms with van der Waals surface area (Å²) >= 11 is 7.77. The van der Waals surface area contributed by atoms with Crippen molar-refractivity contribution in [3.63, 3.8) is 0 Å². The smallest absolute Gasteiger partial charge is 0.255 e. The van der Waals surface area contributed by atoms with Gasteiger partial charge in [0, 0.05) is 12.7 Å². The number of nitrogens with one attached hydrogen (secondary N) is 1. The molecule has 1 aromatic carbocycles. The predicted molar refractivity (Wildman–Crippen MR) is 105 cm³/mol. The molecule has 5 nitrogen and oxygen atoms in total. The summed E-state index contributed by atoms with van der Waals surface area (Å²) in [6.45, 7) is 2.44. The fourth-order valence-electron chi connectivity index (χ4n) is 2.34. The van der Waals surface area contributed by atoms with Crippen molar-refractivity contribution in [2.75, 3.05) is 5.73 Å². The van der Waals surface area contributed by atoms with Gasteiger partial charge in [0.1, 0.15) is 11.6 Å². The van der Waals surface area contributed by atoms with Gasteiger partial charge in [0.05, 0.1) is 10.6 Å². The first-order valence-corrected chi connectivity index (χ1v) is 9.35. The summed E-state index contributed by atoms with van der Waals surface area (Å²) in [7, 11) is 0. The summed E-state index contributed by atoms with van der Waals surface area (Å²) in [5, 5.41) is 6.19. The number of halogens is 1. The second kappa shape index (κ2) is 8.21. The Kier molecular flexibility index (Phi) is 5.75. The van der Waals surface area contributed by atoms with Gasteiger partial charge in [0.25, 0.3) is 5.91 Å². The number of benzene rings is 1. The van der Waals surface area contributed by atoms with Crippen LogP contribution in [0, 0.1) is 0 Å². The van der Waals surface area contributed by atoms with Gasteiger partial charge in [-0.3, -0.25) is 4.79 Å². The lowest BCUT2D eigenvalue weighted by molar-refractivity contribution is 0.0951. The lowest BCUT2D eigenvalue weighted by Gasteiger charge is -2.08. The molecule has 0 spiro atoms.